The molecule has 0 bridgehead atoms. The van der Waals surface area contributed by atoms with Crippen LogP contribution in [0.4, 0.5) is 4.39 Å². The van der Waals surface area contributed by atoms with Gasteiger partial charge in [-0.05, 0) is 50.2 Å². The quantitative estimate of drug-likeness (QED) is 0.697. The van der Waals surface area contributed by atoms with Gasteiger partial charge in [-0.15, -0.1) is 0 Å². The molecule has 1 unspecified atom stereocenters. The van der Waals surface area contributed by atoms with E-state index < -0.39 is 0 Å². The number of hydrogen-bond donors (Lipinski definition) is 0. The molecular weight excluding hydrogens is 241 g/mol. The molecule has 1 aromatic carbocycles. The molecule has 1 fully saturated rings. The average molecular weight is 265 g/mol. The van der Waals surface area contributed by atoms with Crippen molar-refractivity contribution in [3.63, 3.8) is 0 Å². The van der Waals surface area contributed by atoms with Gasteiger partial charge in [0.25, 0.3) is 0 Å². The maximum atomic E-state index is 12.8. The van der Waals surface area contributed by atoms with E-state index >= 15 is 0 Å². The van der Waals surface area contributed by atoms with E-state index in [1.807, 2.05) is 0 Å². The highest BCUT2D eigenvalue weighted by Crippen LogP contribution is 2.19. The first kappa shape index (κ1) is 14.3. The molecule has 106 valence electrons. The van der Waals surface area contributed by atoms with Crippen LogP contribution < -0.4 is 4.74 Å². The molecule has 0 saturated carbocycles. The topological polar surface area (TPSA) is 12.5 Å². The summed E-state index contributed by atoms with van der Waals surface area (Å²) in [6.45, 7) is 6.55. The van der Waals surface area contributed by atoms with Crippen LogP contribution in [0.5, 0.6) is 5.75 Å². The van der Waals surface area contributed by atoms with Gasteiger partial charge in [-0.2, -0.15) is 0 Å². The molecule has 3 heteroatoms. The lowest BCUT2D eigenvalue weighted by Crippen LogP contribution is -2.23. The maximum absolute atomic E-state index is 12.8. The van der Waals surface area contributed by atoms with Crippen molar-refractivity contribution in [3.05, 3.63) is 30.1 Å². The summed E-state index contributed by atoms with van der Waals surface area (Å²) in [4.78, 5) is 2.54. The summed E-state index contributed by atoms with van der Waals surface area (Å²) in [6, 6.07) is 6.29. The fourth-order valence-corrected chi connectivity index (χ4v) is 2.58. The Morgan fingerprint density at radius 3 is 2.79 bits per heavy atom. The molecule has 0 spiro atoms. The monoisotopic (exact) mass is 265 g/mol. The Kier molecular flexibility index (Phi) is 5.64. The second-order valence-corrected chi connectivity index (χ2v) is 5.43. The molecule has 0 radical (unpaired) electrons. The Hall–Kier alpha value is -1.09. The Morgan fingerprint density at radius 1 is 1.26 bits per heavy atom. The molecule has 0 N–H and O–H groups in total. The van der Waals surface area contributed by atoms with E-state index in [0.717, 1.165) is 18.9 Å². The summed E-state index contributed by atoms with van der Waals surface area (Å²) in [7, 11) is 0. The lowest BCUT2D eigenvalue weighted by Gasteiger charge is -2.16. The van der Waals surface area contributed by atoms with Crippen LogP contribution in [0.2, 0.25) is 0 Å². The van der Waals surface area contributed by atoms with Crippen molar-refractivity contribution in [2.24, 2.45) is 5.92 Å². The van der Waals surface area contributed by atoms with Gasteiger partial charge in [-0.25, -0.2) is 4.39 Å². The number of rotatable bonds is 7. The molecule has 19 heavy (non-hydrogen) atoms. The Labute approximate surface area is 115 Å². The van der Waals surface area contributed by atoms with Crippen molar-refractivity contribution in [2.75, 3.05) is 26.2 Å². The third kappa shape index (κ3) is 4.83. The molecule has 1 heterocycles. The smallest absolute Gasteiger partial charge is 0.123 e. The van der Waals surface area contributed by atoms with Crippen molar-refractivity contribution in [1.29, 1.82) is 0 Å². The van der Waals surface area contributed by atoms with Crippen molar-refractivity contribution >= 4 is 0 Å². The van der Waals surface area contributed by atoms with Gasteiger partial charge in [-0.3, -0.25) is 0 Å². The fraction of sp³-hybridized carbons (Fsp3) is 0.625. The second-order valence-electron chi connectivity index (χ2n) is 5.43. The van der Waals surface area contributed by atoms with Crippen molar-refractivity contribution in [2.45, 2.75) is 32.6 Å². The standard InChI is InChI=1S/C16H24FNO/c1-2-3-4-10-18-11-9-14(12-18)13-19-16-7-5-15(17)6-8-16/h5-8,14H,2-4,9-13H2,1H3. The molecule has 0 amide bonds. The minimum Gasteiger partial charge on any atom is -0.493 e. The van der Waals surface area contributed by atoms with Gasteiger partial charge in [0.2, 0.25) is 0 Å². The third-order valence-electron chi connectivity index (χ3n) is 3.75. The number of unbranched alkanes of at least 4 members (excludes halogenated alkanes) is 2. The van der Waals surface area contributed by atoms with E-state index in [0.29, 0.717) is 5.92 Å². The van der Waals surface area contributed by atoms with Gasteiger partial charge >= 0.3 is 0 Å². The lowest BCUT2D eigenvalue weighted by molar-refractivity contribution is 0.239. The predicted octanol–water partition coefficient (Wildman–Crippen LogP) is 3.72. The largest absolute Gasteiger partial charge is 0.493 e. The van der Waals surface area contributed by atoms with E-state index in [4.69, 9.17) is 4.74 Å². The SMILES string of the molecule is CCCCCN1CCC(COc2ccc(F)cc2)C1. The van der Waals surface area contributed by atoms with Gasteiger partial charge in [0, 0.05) is 12.5 Å². The predicted molar refractivity (Wildman–Crippen MR) is 76.0 cm³/mol. The lowest BCUT2D eigenvalue weighted by atomic mass is 10.1. The fourth-order valence-electron chi connectivity index (χ4n) is 2.58. The maximum Gasteiger partial charge on any atom is 0.123 e. The van der Waals surface area contributed by atoms with Gasteiger partial charge in [0.05, 0.1) is 6.61 Å². The highest BCUT2D eigenvalue weighted by Gasteiger charge is 2.22. The Balaban J connectivity index is 1.66. The summed E-state index contributed by atoms with van der Waals surface area (Å²) in [5.41, 5.74) is 0. The van der Waals surface area contributed by atoms with Crippen molar-refractivity contribution in [1.82, 2.24) is 4.90 Å². The zero-order chi connectivity index (χ0) is 13.5. The molecule has 2 rings (SSSR count). The normalized spacial score (nSPS) is 19.8. The van der Waals surface area contributed by atoms with Crippen LogP contribution in [0.25, 0.3) is 0 Å². The molecule has 1 aromatic rings. The zero-order valence-corrected chi connectivity index (χ0v) is 11.8. The van der Waals surface area contributed by atoms with Crippen molar-refractivity contribution in [3.8, 4) is 5.75 Å². The van der Waals surface area contributed by atoms with E-state index in [-0.39, 0.29) is 5.82 Å². The van der Waals surface area contributed by atoms with Crippen LogP contribution in [0.15, 0.2) is 24.3 Å². The Morgan fingerprint density at radius 2 is 2.05 bits per heavy atom. The minimum atomic E-state index is -0.213. The van der Waals surface area contributed by atoms with Crippen molar-refractivity contribution < 1.29 is 9.13 Å². The van der Waals surface area contributed by atoms with Crippen LogP contribution in [0, 0.1) is 11.7 Å². The number of hydrogen-bond acceptors (Lipinski definition) is 2. The number of nitrogens with zero attached hydrogens (tertiary/aromatic N) is 1. The molecular formula is C16H24FNO. The second kappa shape index (κ2) is 7.49. The number of benzene rings is 1. The van der Waals surface area contributed by atoms with E-state index in [9.17, 15) is 4.39 Å². The molecule has 1 aliphatic heterocycles. The summed E-state index contributed by atoms with van der Waals surface area (Å²) >= 11 is 0. The molecule has 1 saturated heterocycles. The summed E-state index contributed by atoms with van der Waals surface area (Å²) in [6.07, 6.45) is 5.13. The Bertz CT molecular complexity index is 366. The van der Waals surface area contributed by atoms with E-state index in [2.05, 4.69) is 11.8 Å². The van der Waals surface area contributed by atoms with Gasteiger partial charge in [0.15, 0.2) is 0 Å². The van der Waals surface area contributed by atoms with Crippen LogP contribution in [0.3, 0.4) is 0 Å². The van der Waals surface area contributed by atoms with Gasteiger partial charge < -0.3 is 9.64 Å². The summed E-state index contributed by atoms with van der Waals surface area (Å²) in [5.74, 6) is 1.17. The molecule has 0 aliphatic carbocycles. The van der Waals surface area contributed by atoms with Crippen LogP contribution >= 0.6 is 0 Å². The first-order valence-electron chi connectivity index (χ1n) is 7.38. The first-order valence-corrected chi connectivity index (χ1v) is 7.38. The highest BCUT2D eigenvalue weighted by atomic mass is 19.1. The summed E-state index contributed by atoms with van der Waals surface area (Å²) < 4.78 is 18.5. The molecule has 0 aromatic heterocycles. The number of likely N-dealkylation sites (tertiary alicyclic amines) is 1. The summed E-state index contributed by atoms with van der Waals surface area (Å²) in [5, 5.41) is 0. The van der Waals surface area contributed by atoms with Gasteiger partial charge in [0.1, 0.15) is 11.6 Å². The first-order chi connectivity index (χ1) is 9.28. The zero-order valence-electron chi connectivity index (χ0n) is 11.8. The van der Waals surface area contributed by atoms with Crippen LogP contribution in [0.1, 0.15) is 32.6 Å². The van der Waals surface area contributed by atoms with Gasteiger partial charge in [-0.1, -0.05) is 19.8 Å². The highest BCUT2D eigenvalue weighted by molar-refractivity contribution is 5.22. The van der Waals surface area contributed by atoms with E-state index in [1.165, 1.54) is 50.9 Å². The van der Waals surface area contributed by atoms with Crippen LogP contribution in [-0.2, 0) is 0 Å². The van der Waals surface area contributed by atoms with E-state index in [1.54, 1.807) is 12.1 Å². The van der Waals surface area contributed by atoms with Crippen LogP contribution in [-0.4, -0.2) is 31.1 Å². The molecule has 1 aliphatic rings. The molecule has 1 atom stereocenters. The number of ether oxygens (including phenoxy) is 1. The minimum absolute atomic E-state index is 0.213. The third-order valence-corrected chi connectivity index (χ3v) is 3.75. The molecule has 2 nitrogen and oxygen atoms in total. The number of halogens is 1. The average Bonchev–Trinajstić information content (AvgIpc) is 2.86.